The fraction of sp³-hybridized carbons (Fsp3) is 0.333. The monoisotopic (exact) mass is 348 g/mol. The molecule has 0 fully saturated rings. The van der Waals surface area contributed by atoms with Gasteiger partial charge in [0, 0.05) is 28.7 Å². The van der Waals surface area contributed by atoms with E-state index in [0.717, 1.165) is 56.0 Å². The van der Waals surface area contributed by atoms with Gasteiger partial charge < -0.3 is 14.2 Å². The Morgan fingerprint density at radius 2 is 1.04 bits per heavy atom. The summed E-state index contributed by atoms with van der Waals surface area (Å²) in [7, 11) is 0. The summed E-state index contributed by atoms with van der Waals surface area (Å²) in [5, 5.41) is 18.0. The summed E-state index contributed by atoms with van der Waals surface area (Å²) in [6, 6.07) is 0. The van der Waals surface area contributed by atoms with Crippen molar-refractivity contribution in [2.24, 2.45) is 0 Å². The van der Waals surface area contributed by atoms with Crippen molar-refractivity contribution in [3.63, 3.8) is 0 Å². The molecule has 0 unspecified atom stereocenters. The number of rotatable bonds is 2. The van der Waals surface area contributed by atoms with E-state index in [2.05, 4.69) is 0 Å². The molecular weight excluding hydrogens is 328 g/mol. The van der Waals surface area contributed by atoms with Crippen LogP contribution in [0.25, 0.3) is 0 Å². The van der Waals surface area contributed by atoms with Crippen molar-refractivity contribution in [2.75, 3.05) is 0 Å². The van der Waals surface area contributed by atoms with Gasteiger partial charge in [-0.1, -0.05) is 0 Å². The van der Waals surface area contributed by atoms with Gasteiger partial charge in [-0.15, -0.1) is 10.5 Å². The lowest BCUT2D eigenvalue weighted by Crippen LogP contribution is -2.13. The van der Waals surface area contributed by atoms with E-state index in [0.29, 0.717) is 17.9 Å². The van der Waals surface area contributed by atoms with Crippen LogP contribution in [0.5, 0.6) is 23.0 Å². The molecule has 0 N–H and O–H groups in total. The first-order valence-corrected chi connectivity index (χ1v) is 8.38. The molecule has 0 saturated heterocycles. The maximum absolute atomic E-state index is 8.98. The highest BCUT2D eigenvalue weighted by Gasteiger charge is 2.30. The molecule has 2 aromatic carbocycles. The lowest BCUT2D eigenvalue weighted by molar-refractivity contribution is 0.438. The van der Waals surface area contributed by atoms with Crippen molar-refractivity contribution < 1.29 is 14.2 Å². The fourth-order valence-corrected chi connectivity index (χ4v) is 3.69. The van der Waals surface area contributed by atoms with Gasteiger partial charge in [-0.25, -0.2) is 0 Å². The van der Waals surface area contributed by atoms with Gasteiger partial charge in [0.2, 0.25) is 0 Å². The molecule has 132 valence electrons. The smallest absolute Gasteiger partial charge is 0.292 e. The first-order valence-electron chi connectivity index (χ1n) is 8.38. The average Bonchev–Trinajstić information content (AvgIpc) is 2.64. The Balaban J connectivity index is 2.28. The highest BCUT2D eigenvalue weighted by atomic mass is 16.5. The predicted molar refractivity (Wildman–Crippen MR) is 96.7 cm³/mol. The zero-order chi connectivity index (χ0) is 19.2. The predicted octanol–water partition coefficient (Wildman–Crippen LogP) is 4.95. The van der Waals surface area contributed by atoms with E-state index >= 15 is 0 Å². The number of fused-ring (bicyclic) bond motifs is 2. The van der Waals surface area contributed by atoms with Gasteiger partial charge >= 0.3 is 0 Å². The first kappa shape index (κ1) is 17.6. The number of nitrogens with zero attached hydrogens (tertiary/aromatic N) is 2. The van der Waals surface area contributed by atoms with Gasteiger partial charge in [-0.2, -0.15) is 0 Å². The fourth-order valence-electron chi connectivity index (χ4n) is 3.69. The zero-order valence-corrected chi connectivity index (χ0v) is 15.8. The number of nitriles is 2. The van der Waals surface area contributed by atoms with Gasteiger partial charge in [-0.3, -0.25) is 0 Å². The second-order valence-corrected chi connectivity index (χ2v) is 6.69. The summed E-state index contributed by atoms with van der Waals surface area (Å²) in [6.07, 6.45) is 4.18. The molecule has 1 aliphatic heterocycles. The summed E-state index contributed by atoms with van der Waals surface area (Å²) in [4.78, 5) is 0. The summed E-state index contributed by atoms with van der Waals surface area (Å²) < 4.78 is 16.8. The van der Waals surface area contributed by atoms with Crippen LogP contribution in [-0.4, -0.2) is 0 Å². The van der Waals surface area contributed by atoms with E-state index in [4.69, 9.17) is 24.7 Å². The topological polar surface area (TPSA) is 75.3 Å². The first-order chi connectivity index (χ1) is 12.3. The zero-order valence-electron chi connectivity index (χ0n) is 15.8. The van der Waals surface area contributed by atoms with Crippen LogP contribution in [0, 0.1) is 64.6 Å². The number of hydrogen-bond acceptors (Lipinski definition) is 5. The van der Waals surface area contributed by atoms with Crippen LogP contribution < -0.4 is 14.2 Å². The second kappa shape index (κ2) is 6.28. The van der Waals surface area contributed by atoms with Gasteiger partial charge in [-0.05, 0) is 63.8 Å². The molecule has 0 atom stereocenters. The van der Waals surface area contributed by atoms with Gasteiger partial charge in [0.15, 0.2) is 0 Å². The standard InChI is InChI=1S/C21H20N2O3/c1-10-12(3)20-16(14(5)18(10)24-8-22)7-17-15(6)19(25-9-23)11(2)13(4)21(17)26-20/h7H2,1-6H3. The van der Waals surface area contributed by atoms with Crippen molar-refractivity contribution in [1.29, 1.82) is 10.5 Å². The van der Waals surface area contributed by atoms with Gasteiger partial charge in [0.1, 0.15) is 23.0 Å². The third kappa shape index (κ3) is 2.36. The summed E-state index contributed by atoms with van der Waals surface area (Å²) in [6.45, 7) is 11.7. The van der Waals surface area contributed by atoms with Crippen LogP contribution in [0.2, 0.25) is 0 Å². The van der Waals surface area contributed by atoms with E-state index in [-0.39, 0.29) is 0 Å². The Bertz CT molecular complexity index is 942. The summed E-state index contributed by atoms with van der Waals surface area (Å²) in [5.74, 6) is 2.83. The summed E-state index contributed by atoms with van der Waals surface area (Å²) >= 11 is 0. The van der Waals surface area contributed by atoms with Crippen LogP contribution in [0.15, 0.2) is 0 Å². The molecule has 26 heavy (non-hydrogen) atoms. The minimum atomic E-state index is 0.589. The Morgan fingerprint density at radius 3 is 1.38 bits per heavy atom. The largest absolute Gasteiger partial charge is 0.456 e. The molecule has 0 saturated carbocycles. The minimum Gasteiger partial charge on any atom is -0.456 e. The molecule has 2 aromatic rings. The molecule has 0 aromatic heterocycles. The Kier molecular flexibility index (Phi) is 4.26. The summed E-state index contributed by atoms with van der Waals surface area (Å²) in [5.41, 5.74) is 7.54. The number of ether oxygens (including phenoxy) is 3. The molecule has 5 heteroatoms. The number of benzene rings is 2. The molecule has 0 spiro atoms. The SMILES string of the molecule is Cc1c(C)c2c(c(C)c1OC#N)Cc1c(C)c(OC#N)c(C)c(C)c1O2. The number of hydrogen-bond donors (Lipinski definition) is 0. The van der Waals surface area contributed by atoms with Gasteiger partial charge in [0.25, 0.3) is 12.5 Å². The van der Waals surface area contributed by atoms with E-state index in [1.165, 1.54) is 0 Å². The van der Waals surface area contributed by atoms with E-state index in [9.17, 15) is 0 Å². The molecule has 1 heterocycles. The second-order valence-electron chi connectivity index (χ2n) is 6.69. The third-order valence-electron chi connectivity index (χ3n) is 5.48. The van der Waals surface area contributed by atoms with Crippen LogP contribution in [0.1, 0.15) is 44.5 Å². The Morgan fingerprint density at radius 1 is 0.654 bits per heavy atom. The Hall–Kier alpha value is -3.18. The lowest BCUT2D eigenvalue weighted by Gasteiger charge is -2.29. The Labute approximate surface area is 153 Å². The highest BCUT2D eigenvalue weighted by Crippen LogP contribution is 2.49. The van der Waals surface area contributed by atoms with E-state index < -0.39 is 0 Å². The lowest BCUT2D eigenvalue weighted by atomic mass is 9.87. The van der Waals surface area contributed by atoms with E-state index in [1.807, 2.05) is 41.5 Å². The third-order valence-corrected chi connectivity index (χ3v) is 5.48. The van der Waals surface area contributed by atoms with Crippen molar-refractivity contribution in [3.05, 3.63) is 44.5 Å². The van der Waals surface area contributed by atoms with Crippen LogP contribution in [-0.2, 0) is 6.42 Å². The maximum atomic E-state index is 8.98. The normalized spacial score (nSPS) is 11.5. The van der Waals surface area contributed by atoms with Crippen molar-refractivity contribution in [3.8, 4) is 35.5 Å². The van der Waals surface area contributed by atoms with E-state index in [1.54, 1.807) is 12.5 Å². The molecule has 3 rings (SSSR count). The molecule has 5 nitrogen and oxygen atoms in total. The van der Waals surface area contributed by atoms with Crippen molar-refractivity contribution >= 4 is 0 Å². The molecule has 0 aliphatic carbocycles. The van der Waals surface area contributed by atoms with Crippen LogP contribution in [0.4, 0.5) is 0 Å². The van der Waals surface area contributed by atoms with Crippen molar-refractivity contribution in [2.45, 2.75) is 48.0 Å². The average molecular weight is 348 g/mol. The van der Waals surface area contributed by atoms with Crippen LogP contribution >= 0.6 is 0 Å². The quantitative estimate of drug-likeness (QED) is 0.612. The maximum Gasteiger partial charge on any atom is 0.292 e. The molecule has 1 aliphatic rings. The molecule has 0 amide bonds. The molecule has 0 bridgehead atoms. The highest BCUT2D eigenvalue weighted by molar-refractivity contribution is 5.68. The minimum absolute atomic E-state index is 0.589. The van der Waals surface area contributed by atoms with Gasteiger partial charge in [0.05, 0.1) is 0 Å². The van der Waals surface area contributed by atoms with Crippen LogP contribution in [0.3, 0.4) is 0 Å². The molecule has 0 radical (unpaired) electrons. The molecular formula is C21H20N2O3. The van der Waals surface area contributed by atoms with Crippen molar-refractivity contribution in [1.82, 2.24) is 0 Å².